The van der Waals surface area contributed by atoms with Gasteiger partial charge in [-0.3, -0.25) is 10.1 Å². The fourth-order valence-electron chi connectivity index (χ4n) is 1.34. The summed E-state index contributed by atoms with van der Waals surface area (Å²) in [7, 11) is 1.36. The van der Waals surface area contributed by atoms with E-state index in [0.717, 1.165) is 6.08 Å². The number of rotatable bonds is 4. The molecule has 0 fully saturated rings. The van der Waals surface area contributed by atoms with Gasteiger partial charge in [-0.25, -0.2) is 9.59 Å². The highest BCUT2D eigenvalue weighted by atomic mass is 35.5. The largest absolute Gasteiger partial charge is 0.449 e. The van der Waals surface area contributed by atoms with Crippen LogP contribution in [-0.2, 0) is 14.3 Å². The third-order valence-corrected chi connectivity index (χ3v) is 3.05. The second-order valence-corrected chi connectivity index (χ2v) is 4.99. The van der Waals surface area contributed by atoms with Crippen LogP contribution in [0.4, 0.5) is 4.79 Å². The minimum atomic E-state index is -1.12. The van der Waals surface area contributed by atoms with E-state index in [4.69, 9.17) is 27.9 Å². The molecule has 8 heteroatoms. The minimum Gasteiger partial charge on any atom is -0.449 e. The summed E-state index contributed by atoms with van der Waals surface area (Å²) < 4.78 is 4.86. The van der Waals surface area contributed by atoms with Gasteiger partial charge in [0.05, 0.1) is 0 Å². The fourth-order valence-corrected chi connectivity index (χ4v) is 1.81. The fraction of sp³-hybridized carbons (Fsp3) is 0.214. The molecule has 0 aliphatic carbocycles. The lowest BCUT2D eigenvalue weighted by Crippen LogP contribution is -2.43. The van der Waals surface area contributed by atoms with Crippen molar-refractivity contribution in [3.63, 3.8) is 0 Å². The molecule has 0 unspecified atom stereocenters. The zero-order valence-electron chi connectivity index (χ0n) is 11.9. The maximum atomic E-state index is 11.6. The summed E-state index contributed by atoms with van der Waals surface area (Å²) in [5.41, 5.74) is 0.575. The van der Waals surface area contributed by atoms with Crippen LogP contribution >= 0.6 is 23.2 Å². The van der Waals surface area contributed by atoms with Gasteiger partial charge in [0.25, 0.3) is 5.91 Å². The quantitative estimate of drug-likeness (QED) is 0.648. The lowest BCUT2D eigenvalue weighted by molar-refractivity contribution is -0.149. The standard InChI is InChI=1S/C14H14Cl2N2O4/c1-8(13(20)18-14(21)17-2)22-12(19)6-4-9-3-5-10(15)7-11(9)16/h3-8H,1-2H3,(H2,17,18,20,21)/b6-4+/t8-/m1/s1. The Bertz CT molecular complexity index is 617. The van der Waals surface area contributed by atoms with Gasteiger partial charge in [0, 0.05) is 23.2 Å². The van der Waals surface area contributed by atoms with Crippen molar-refractivity contribution in [2.75, 3.05) is 7.05 Å². The lowest BCUT2D eigenvalue weighted by Gasteiger charge is -2.11. The Balaban J connectivity index is 2.60. The van der Waals surface area contributed by atoms with E-state index in [2.05, 4.69) is 5.32 Å². The average Bonchev–Trinajstić information content (AvgIpc) is 2.45. The molecule has 3 amide bonds. The number of hydrogen-bond donors (Lipinski definition) is 2. The molecule has 2 N–H and O–H groups in total. The van der Waals surface area contributed by atoms with Gasteiger partial charge in [-0.05, 0) is 30.7 Å². The molecule has 0 heterocycles. The van der Waals surface area contributed by atoms with Gasteiger partial charge >= 0.3 is 12.0 Å². The molecule has 0 bridgehead atoms. The van der Waals surface area contributed by atoms with Gasteiger partial charge in [0.15, 0.2) is 6.10 Å². The Morgan fingerprint density at radius 2 is 1.95 bits per heavy atom. The van der Waals surface area contributed by atoms with Crippen LogP contribution in [0.15, 0.2) is 24.3 Å². The number of carbonyl (C=O) groups is 3. The molecule has 22 heavy (non-hydrogen) atoms. The van der Waals surface area contributed by atoms with Crippen LogP contribution in [0.3, 0.4) is 0 Å². The van der Waals surface area contributed by atoms with Gasteiger partial charge in [-0.1, -0.05) is 29.3 Å². The first-order valence-electron chi connectivity index (χ1n) is 6.19. The predicted molar refractivity (Wildman–Crippen MR) is 83.6 cm³/mol. The Morgan fingerprint density at radius 3 is 2.55 bits per heavy atom. The lowest BCUT2D eigenvalue weighted by atomic mass is 10.2. The third-order valence-electron chi connectivity index (χ3n) is 2.49. The van der Waals surface area contributed by atoms with Crippen LogP contribution in [0.2, 0.25) is 10.0 Å². The zero-order chi connectivity index (χ0) is 16.7. The number of imide groups is 1. The number of urea groups is 1. The van der Waals surface area contributed by atoms with Gasteiger partial charge in [-0.2, -0.15) is 0 Å². The third kappa shape index (κ3) is 5.75. The summed E-state index contributed by atoms with van der Waals surface area (Å²) in [5, 5.41) is 5.06. The number of hydrogen-bond acceptors (Lipinski definition) is 4. The van der Waals surface area contributed by atoms with Crippen molar-refractivity contribution in [2.45, 2.75) is 13.0 Å². The topological polar surface area (TPSA) is 84.5 Å². The number of carbonyl (C=O) groups excluding carboxylic acids is 3. The normalized spacial score (nSPS) is 11.8. The summed E-state index contributed by atoms with van der Waals surface area (Å²) in [6.07, 6.45) is 1.44. The van der Waals surface area contributed by atoms with E-state index < -0.39 is 24.0 Å². The second kappa shape index (κ2) is 8.41. The van der Waals surface area contributed by atoms with Crippen LogP contribution < -0.4 is 10.6 Å². The van der Waals surface area contributed by atoms with Gasteiger partial charge in [0.2, 0.25) is 0 Å². The first-order chi connectivity index (χ1) is 10.3. The maximum Gasteiger partial charge on any atom is 0.331 e. The highest BCUT2D eigenvalue weighted by molar-refractivity contribution is 6.35. The molecule has 0 aromatic heterocycles. The van der Waals surface area contributed by atoms with Crippen molar-refractivity contribution in [1.82, 2.24) is 10.6 Å². The summed E-state index contributed by atoms with van der Waals surface area (Å²) in [6, 6.07) is 4.11. The number of amides is 3. The van der Waals surface area contributed by atoms with E-state index in [-0.39, 0.29) is 0 Å². The molecule has 0 aliphatic heterocycles. The first kappa shape index (κ1) is 18.0. The number of halogens is 2. The molecule has 1 aromatic carbocycles. The highest BCUT2D eigenvalue weighted by Crippen LogP contribution is 2.21. The first-order valence-corrected chi connectivity index (χ1v) is 6.95. The van der Waals surface area contributed by atoms with Crippen LogP contribution in [0, 0.1) is 0 Å². The Labute approximate surface area is 137 Å². The molecule has 6 nitrogen and oxygen atoms in total. The molecule has 0 saturated heterocycles. The molecular weight excluding hydrogens is 331 g/mol. The van der Waals surface area contributed by atoms with Crippen molar-refractivity contribution >= 4 is 47.2 Å². The average molecular weight is 345 g/mol. The Morgan fingerprint density at radius 1 is 1.27 bits per heavy atom. The monoisotopic (exact) mass is 344 g/mol. The maximum absolute atomic E-state index is 11.6. The van der Waals surface area contributed by atoms with Crippen molar-refractivity contribution < 1.29 is 19.1 Å². The van der Waals surface area contributed by atoms with Crippen LogP contribution in [-0.4, -0.2) is 31.1 Å². The number of benzene rings is 1. The molecule has 118 valence electrons. The highest BCUT2D eigenvalue weighted by Gasteiger charge is 2.18. The molecule has 0 aliphatic rings. The van der Waals surface area contributed by atoms with Crippen molar-refractivity contribution in [3.05, 3.63) is 39.9 Å². The molecule has 1 aromatic rings. The summed E-state index contributed by atoms with van der Waals surface area (Å²) in [5.74, 6) is -1.48. The summed E-state index contributed by atoms with van der Waals surface area (Å²) in [6.45, 7) is 1.35. The molecule has 0 saturated carbocycles. The molecular formula is C14H14Cl2N2O4. The van der Waals surface area contributed by atoms with Gasteiger partial charge in [-0.15, -0.1) is 0 Å². The van der Waals surface area contributed by atoms with E-state index in [1.807, 2.05) is 5.32 Å². The SMILES string of the molecule is CNC(=O)NC(=O)[C@@H](C)OC(=O)/C=C/c1ccc(Cl)cc1Cl. The summed E-state index contributed by atoms with van der Waals surface area (Å²) >= 11 is 11.7. The molecule has 0 radical (unpaired) electrons. The number of ether oxygens (including phenoxy) is 1. The Hall–Kier alpha value is -2.05. The molecule has 1 atom stereocenters. The van der Waals surface area contributed by atoms with Crippen molar-refractivity contribution in [1.29, 1.82) is 0 Å². The van der Waals surface area contributed by atoms with Crippen LogP contribution in [0.5, 0.6) is 0 Å². The predicted octanol–water partition coefficient (Wildman–Crippen LogP) is 2.39. The molecule has 0 spiro atoms. The second-order valence-electron chi connectivity index (χ2n) is 4.15. The summed E-state index contributed by atoms with van der Waals surface area (Å²) in [4.78, 5) is 34.1. The minimum absolute atomic E-state index is 0.377. The van der Waals surface area contributed by atoms with Crippen LogP contribution in [0.1, 0.15) is 12.5 Å². The number of nitrogens with one attached hydrogen (secondary N) is 2. The van der Waals surface area contributed by atoms with Crippen LogP contribution in [0.25, 0.3) is 6.08 Å². The van der Waals surface area contributed by atoms with E-state index in [9.17, 15) is 14.4 Å². The van der Waals surface area contributed by atoms with Crippen molar-refractivity contribution in [3.8, 4) is 0 Å². The van der Waals surface area contributed by atoms with E-state index in [0.29, 0.717) is 15.6 Å². The Kier molecular flexibility index (Phi) is 6.88. The zero-order valence-corrected chi connectivity index (χ0v) is 13.4. The van der Waals surface area contributed by atoms with Gasteiger partial charge in [0.1, 0.15) is 0 Å². The smallest absolute Gasteiger partial charge is 0.331 e. The van der Waals surface area contributed by atoms with E-state index in [1.54, 1.807) is 12.1 Å². The van der Waals surface area contributed by atoms with Crippen molar-refractivity contribution in [2.24, 2.45) is 0 Å². The van der Waals surface area contributed by atoms with E-state index >= 15 is 0 Å². The van der Waals surface area contributed by atoms with Gasteiger partial charge < -0.3 is 10.1 Å². The number of esters is 1. The van der Waals surface area contributed by atoms with E-state index in [1.165, 1.54) is 26.1 Å². The molecule has 1 rings (SSSR count).